The van der Waals surface area contributed by atoms with E-state index in [2.05, 4.69) is 4.90 Å². The second-order valence-corrected chi connectivity index (χ2v) is 5.18. The first-order valence-corrected chi connectivity index (χ1v) is 7.12. The van der Waals surface area contributed by atoms with Crippen molar-refractivity contribution in [1.82, 2.24) is 4.90 Å². The number of alkyl halides is 3. The number of nitrogens with zero attached hydrogens (tertiary/aromatic N) is 2. The van der Waals surface area contributed by atoms with Crippen molar-refractivity contribution in [2.24, 2.45) is 0 Å². The summed E-state index contributed by atoms with van der Waals surface area (Å²) in [7, 11) is 1.60. The van der Waals surface area contributed by atoms with Crippen LogP contribution in [0.3, 0.4) is 0 Å². The molecule has 0 radical (unpaired) electrons. The molecule has 1 amide bonds. The Morgan fingerprint density at radius 3 is 2.23 bits per heavy atom. The van der Waals surface area contributed by atoms with Gasteiger partial charge in [-0.15, -0.1) is 0 Å². The molecule has 0 saturated carbocycles. The van der Waals surface area contributed by atoms with E-state index < -0.39 is 24.9 Å². The number of piperazine rings is 1. The molecule has 2 rings (SSSR count). The largest absolute Gasteiger partial charge is 0.497 e. The first-order chi connectivity index (χ1) is 10.4. The van der Waals surface area contributed by atoms with Crippen LogP contribution in [-0.2, 0) is 4.79 Å². The fourth-order valence-corrected chi connectivity index (χ4v) is 2.41. The van der Waals surface area contributed by atoms with E-state index in [0.29, 0.717) is 26.2 Å². The monoisotopic (exact) mass is 316 g/mol. The topological polar surface area (TPSA) is 32.8 Å². The van der Waals surface area contributed by atoms with Crippen LogP contribution in [0.1, 0.15) is 12.8 Å². The Hall–Kier alpha value is -1.92. The van der Waals surface area contributed by atoms with Gasteiger partial charge in [0.05, 0.1) is 13.5 Å². The Labute approximate surface area is 127 Å². The molecule has 1 aliphatic heterocycles. The third-order valence-electron chi connectivity index (χ3n) is 3.69. The Morgan fingerprint density at radius 1 is 1.14 bits per heavy atom. The third kappa shape index (κ3) is 4.54. The molecule has 0 aliphatic carbocycles. The molecule has 0 spiro atoms. The van der Waals surface area contributed by atoms with Crippen LogP contribution in [0.15, 0.2) is 24.3 Å². The molecule has 1 aromatic carbocycles. The zero-order valence-corrected chi connectivity index (χ0v) is 12.4. The number of benzene rings is 1. The molecule has 4 nitrogen and oxygen atoms in total. The number of amides is 1. The highest BCUT2D eigenvalue weighted by molar-refractivity contribution is 5.76. The summed E-state index contributed by atoms with van der Waals surface area (Å²) in [4.78, 5) is 15.4. The zero-order chi connectivity index (χ0) is 16.2. The van der Waals surface area contributed by atoms with Crippen molar-refractivity contribution in [3.8, 4) is 5.75 Å². The van der Waals surface area contributed by atoms with Gasteiger partial charge in [0.1, 0.15) is 5.75 Å². The Bertz CT molecular complexity index is 495. The van der Waals surface area contributed by atoms with Crippen molar-refractivity contribution in [3.63, 3.8) is 0 Å². The molecule has 7 heteroatoms. The maximum absolute atomic E-state index is 12.1. The molecule has 0 unspecified atom stereocenters. The molecule has 0 bridgehead atoms. The number of carbonyl (C=O) groups excluding carboxylic acids is 1. The lowest BCUT2D eigenvalue weighted by molar-refractivity contribution is -0.149. The first-order valence-electron chi connectivity index (χ1n) is 7.12. The van der Waals surface area contributed by atoms with Crippen molar-refractivity contribution in [3.05, 3.63) is 24.3 Å². The first kappa shape index (κ1) is 16.5. The SMILES string of the molecule is COc1ccc(N2CCN(C(=O)CCC(F)(F)F)CC2)cc1. The van der Waals surface area contributed by atoms with Crippen LogP contribution in [0.2, 0.25) is 0 Å². The van der Waals surface area contributed by atoms with Crippen LogP contribution >= 0.6 is 0 Å². The van der Waals surface area contributed by atoms with Gasteiger partial charge in [0, 0.05) is 38.3 Å². The van der Waals surface area contributed by atoms with Crippen molar-refractivity contribution >= 4 is 11.6 Å². The van der Waals surface area contributed by atoms with Crippen LogP contribution in [0, 0.1) is 0 Å². The highest BCUT2D eigenvalue weighted by Crippen LogP contribution is 2.23. The lowest BCUT2D eigenvalue weighted by atomic mass is 10.2. The maximum Gasteiger partial charge on any atom is 0.389 e. The normalized spacial score (nSPS) is 15.8. The highest BCUT2D eigenvalue weighted by atomic mass is 19.4. The van der Waals surface area contributed by atoms with Gasteiger partial charge in [0.2, 0.25) is 5.91 Å². The summed E-state index contributed by atoms with van der Waals surface area (Å²) < 4.78 is 41.5. The fourth-order valence-electron chi connectivity index (χ4n) is 2.41. The van der Waals surface area contributed by atoms with Crippen molar-refractivity contribution in [1.29, 1.82) is 0 Å². The van der Waals surface area contributed by atoms with Crippen LogP contribution in [0.25, 0.3) is 0 Å². The van der Waals surface area contributed by atoms with Gasteiger partial charge in [-0.1, -0.05) is 0 Å². The maximum atomic E-state index is 12.1. The number of rotatable bonds is 4. The summed E-state index contributed by atoms with van der Waals surface area (Å²) in [5.74, 6) is 0.344. The second kappa shape index (κ2) is 6.89. The number of hydrogen-bond donors (Lipinski definition) is 0. The van der Waals surface area contributed by atoms with Crippen molar-refractivity contribution in [2.75, 3.05) is 38.2 Å². The average Bonchev–Trinajstić information content (AvgIpc) is 2.52. The number of carbonyl (C=O) groups is 1. The molecule has 1 aliphatic rings. The Morgan fingerprint density at radius 2 is 1.73 bits per heavy atom. The van der Waals surface area contributed by atoms with E-state index in [0.717, 1.165) is 11.4 Å². The number of methoxy groups -OCH3 is 1. The molecule has 0 aromatic heterocycles. The molecule has 122 valence electrons. The molecule has 22 heavy (non-hydrogen) atoms. The zero-order valence-electron chi connectivity index (χ0n) is 12.4. The summed E-state index contributed by atoms with van der Waals surface area (Å²) in [6.07, 6.45) is -5.79. The van der Waals surface area contributed by atoms with Crippen LogP contribution in [-0.4, -0.2) is 50.3 Å². The molecule has 1 fully saturated rings. The van der Waals surface area contributed by atoms with E-state index in [9.17, 15) is 18.0 Å². The summed E-state index contributed by atoms with van der Waals surface area (Å²) in [5.41, 5.74) is 1.02. The molecular weight excluding hydrogens is 297 g/mol. The average molecular weight is 316 g/mol. The molecule has 1 saturated heterocycles. The quantitative estimate of drug-likeness (QED) is 0.856. The highest BCUT2D eigenvalue weighted by Gasteiger charge is 2.30. The van der Waals surface area contributed by atoms with E-state index in [1.54, 1.807) is 7.11 Å². The van der Waals surface area contributed by atoms with Gasteiger partial charge >= 0.3 is 6.18 Å². The minimum absolute atomic E-state index is 0.424. The lowest BCUT2D eigenvalue weighted by Crippen LogP contribution is -2.48. The molecule has 0 N–H and O–H groups in total. The Balaban J connectivity index is 1.83. The van der Waals surface area contributed by atoms with Gasteiger partial charge in [0.25, 0.3) is 0 Å². The van der Waals surface area contributed by atoms with E-state index in [-0.39, 0.29) is 0 Å². The number of hydrogen-bond acceptors (Lipinski definition) is 3. The van der Waals surface area contributed by atoms with Crippen molar-refractivity contribution in [2.45, 2.75) is 19.0 Å². The van der Waals surface area contributed by atoms with Gasteiger partial charge < -0.3 is 14.5 Å². The standard InChI is InChI=1S/C15H19F3N2O2/c1-22-13-4-2-12(3-5-13)19-8-10-20(11-9-19)14(21)6-7-15(16,17)18/h2-5H,6-11H2,1H3. The predicted octanol–water partition coefficient (Wildman–Crippen LogP) is 2.69. The smallest absolute Gasteiger partial charge is 0.389 e. The summed E-state index contributed by atoms with van der Waals surface area (Å²) in [5, 5.41) is 0. The Kier molecular flexibility index (Phi) is 5.15. The minimum atomic E-state index is -4.28. The van der Waals surface area contributed by atoms with E-state index in [4.69, 9.17) is 4.74 Å². The van der Waals surface area contributed by atoms with Gasteiger partial charge in [-0.3, -0.25) is 4.79 Å². The van der Waals surface area contributed by atoms with Gasteiger partial charge in [-0.05, 0) is 24.3 Å². The minimum Gasteiger partial charge on any atom is -0.497 e. The fraction of sp³-hybridized carbons (Fsp3) is 0.533. The van der Waals surface area contributed by atoms with Crippen LogP contribution in [0.5, 0.6) is 5.75 Å². The molecule has 1 aromatic rings. The molecule has 1 heterocycles. The summed E-state index contributed by atoms with van der Waals surface area (Å²) >= 11 is 0. The summed E-state index contributed by atoms with van der Waals surface area (Å²) in [6.45, 7) is 2.12. The van der Waals surface area contributed by atoms with E-state index in [1.807, 2.05) is 24.3 Å². The van der Waals surface area contributed by atoms with Gasteiger partial charge in [-0.2, -0.15) is 13.2 Å². The number of anilines is 1. The van der Waals surface area contributed by atoms with Gasteiger partial charge in [0.15, 0.2) is 0 Å². The lowest BCUT2D eigenvalue weighted by Gasteiger charge is -2.36. The predicted molar refractivity (Wildman–Crippen MR) is 77.1 cm³/mol. The molecular formula is C15H19F3N2O2. The van der Waals surface area contributed by atoms with Crippen LogP contribution < -0.4 is 9.64 Å². The third-order valence-corrected chi connectivity index (χ3v) is 3.69. The van der Waals surface area contributed by atoms with Crippen LogP contribution in [0.4, 0.5) is 18.9 Å². The second-order valence-electron chi connectivity index (χ2n) is 5.18. The number of ether oxygens (including phenoxy) is 1. The van der Waals surface area contributed by atoms with Gasteiger partial charge in [-0.25, -0.2) is 0 Å². The number of halogens is 3. The van der Waals surface area contributed by atoms with Crippen molar-refractivity contribution < 1.29 is 22.7 Å². The van der Waals surface area contributed by atoms with E-state index >= 15 is 0 Å². The molecule has 0 atom stereocenters. The van der Waals surface area contributed by atoms with E-state index in [1.165, 1.54) is 4.90 Å². The summed E-state index contributed by atoms with van der Waals surface area (Å²) in [6, 6.07) is 7.58.